The van der Waals surface area contributed by atoms with Crippen molar-refractivity contribution in [1.29, 1.82) is 0 Å². The molecule has 8 nitrogen and oxygen atoms in total. The van der Waals surface area contributed by atoms with Crippen LogP contribution < -0.4 is 19.5 Å². The quantitative estimate of drug-likeness (QED) is 0.833. The van der Waals surface area contributed by atoms with E-state index in [4.69, 9.17) is 18.9 Å². The van der Waals surface area contributed by atoms with E-state index in [9.17, 15) is 9.59 Å². The van der Waals surface area contributed by atoms with Gasteiger partial charge in [0.15, 0.2) is 11.5 Å². The monoisotopic (exact) mass is 366 g/mol. The molecule has 0 radical (unpaired) electrons. The first-order valence-corrected chi connectivity index (χ1v) is 8.56. The lowest BCUT2D eigenvalue weighted by Gasteiger charge is -2.30. The predicted octanol–water partition coefficient (Wildman–Crippen LogP) is 2.52. The zero-order valence-electron chi connectivity index (χ0n) is 15.7. The molecular weight excluding hydrogens is 340 g/mol. The smallest absolute Gasteiger partial charge is 0.409 e. The van der Waals surface area contributed by atoms with Gasteiger partial charge in [0.05, 0.1) is 27.9 Å². The lowest BCUT2D eigenvalue weighted by molar-refractivity contribution is -0.121. The van der Waals surface area contributed by atoms with E-state index in [1.165, 1.54) is 21.3 Å². The van der Waals surface area contributed by atoms with Gasteiger partial charge in [0.2, 0.25) is 11.7 Å². The molecule has 0 bridgehead atoms. The van der Waals surface area contributed by atoms with Crippen LogP contribution in [0.2, 0.25) is 0 Å². The highest BCUT2D eigenvalue weighted by Crippen LogP contribution is 2.40. The summed E-state index contributed by atoms with van der Waals surface area (Å²) in [6.45, 7) is 3.13. The Hall–Kier alpha value is -2.64. The van der Waals surface area contributed by atoms with Crippen LogP contribution in [0.3, 0.4) is 0 Å². The van der Waals surface area contributed by atoms with Crippen LogP contribution >= 0.6 is 0 Å². The summed E-state index contributed by atoms with van der Waals surface area (Å²) in [5.41, 5.74) is 0.567. The lowest BCUT2D eigenvalue weighted by Crippen LogP contribution is -2.41. The number of hydrogen-bond acceptors (Lipinski definition) is 6. The molecule has 0 unspecified atom stereocenters. The minimum atomic E-state index is -0.323. The van der Waals surface area contributed by atoms with E-state index in [0.717, 1.165) is 0 Å². The van der Waals surface area contributed by atoms with Crippen LogP contribution in [0.25, 0.3) is 0 Å². The molecule has 1 aromatic rings. The number of rotatable bonds is 6. The number of amides is 2. The standard InChI is InChI=1S/C18H26N2O6/c1-5-26-18(22)20-8-6-12(7-9-20)17(21)19-13-10-14(23-2)16(25-4)15(11-13)24-3/h10-12H,5-9H2,1-4H3,(H,19,21). The Bertz CT molecular complexity index is 616. The number of anilines is 1. The molecule has 0 atom stereocenters. The Morgan fingerprint density at radius 2 is 1.65 bits per heavy atom. The highest BCUT2D eigenvalue weighted by atomic mass is 16.6. The van der Waals surface area contributed by atoms with Gasteiger partial charge in [-0.05, 0) is 19.8 Å². The zero-order chi connectivity index (χ0) is 19.1. The van der Waals surface area contributed by atoms with Crippen molar-refractivity contribution < 1.29 is 28.5 Å². The fourth-order valence-electron chi connectivity index (χ4n) is 2.94. The van der Waals surface area contributed by atoms with Crippen molar-refractivity contribution in [2.75, 3.05) is 46.3 Å². The van der Waals surface area contributed by atoms with Crippen molar-refractivity contribution in [3.8, 4) is 17.2 Å². The largest absolute Gasteiger partial charge is 0.493 e. The van der Waals surface area contributed by atoms with Gasteiger partial charge in [-0.2, -0.15) is 0 Å². The number of methoxy groups -OCH3 is 3. The summed E-state index contributed by atoms with van der Waals surface area (Å²) in [6, 6.07) is 3.37. The molecule has 1 heterocycles. The number of piperidine rings is 1. The summed E-state index contributed by atoms with van der Waals surface area (Å²) in [4.78, 5) is 25.9. The first kappa shape index (κ1) is 19.7. The van der Waals surface area contributed by atoms with E-state index in [1.807, 2.05) is 0 Å². The van der Waals surface area contributed by atoms with Gasteiger partial charge in [0, 0.05) is 36.8 Å². The molecule has 0 aliphatic carbocycles. The van der Waals surface area contributed by atoms with Gasteiger partial charge in [-0.1, -0.05) is 0 Å². The molecule has 1 saturated heterocycles. The molecule has 144 valence electrons. The molecule has 0 spiro atoms. The summed E-state index contributed by atoms with van der Waals surface area (Å²) in [5.74, 6) is 1.15. The topological polar surface area (TPSA) is 86.3 Å². The van der Waals surface area contributed by atoms with Gasteiger partial charge in [0.1, 0.15) is 0 Å². The summed E-state index contributed by atoms with van der Waals surface area (Å²) in [7, 11) is 4.57. The van der Waals surface area contributed by atoms with E-state index >= 15 is 0 Å². The number of carbonyl (C=O) groups is 2. The Labute approximate surface area is 153 Å². The second kappa shape index (κ2) is 9.17. The average Bonchev–Trinajstić information content (AvgIpc) is 2.67. The van der Waals surface area contributed by atoms with Gasteiger partial charge >= 0.3 is 6.09 Å². The summed E-state index contributed by atoms with van der Waals surface area (Å²) >= 11 is 0. The molecule has 1 fully saturated rings. The third-order valence-corrected chi connectivity index (χ3v) is 4.32. The van der Waals surface area contributed by atoms with E-state index in [2.05, 4.69) is 5.32 Å². The minimum absolute atomic E-state index is 0.0946. The highest BCUT2D eigenvalue weighted by Gasteiger charge is 2.28. The van der Waals surface area contributed by atoms with Crippen LogP contribution in [-0.4, -0.2) is 57.9 Å². The van der Waals surface area contributed by atoms with Gasteiger partial charge in [-0.3, -0.25) is 4.79 Å². The van der Waals surface area contributed by atoms with Crippen molar-refractivity contribution in [2.45, 2.75) is 19.8 Å². The second-order valence-corrected chi connectivity index (χ2v) is 5.86. The maximum Gasteiger partial charge on any atom is 0.409 e. The van der Waals surface area contributed by atoms with Gasteiger partial charge in [-0.25, -0.2) is 4.79 Å². The molecule has 26 heavy (non-hydrogen) atoms. The Morgan fingerprint density at radius 3 is 2.12 bits per heavy atom. The Kier molecular flexibility index (Phi) is 6.94. The number of benzene rings is 1. The number of nitrogens with zero attached hydrogens (tertiary/aromatic N) is 1. The third kappa shape index (κ3) is 4.50. The Balaban J connectivity index is 2.01. The van der Waals surface area contributed by atoms with Crippen molar-refractivity contribution in [2.24, 2.45) is 5.92 Å². The van der Waals surface area contributed by atoms with Crippen molar-refractivity contribution in [3.63, 3.8) is 0 Å². The summed E-state index contributed by atoms with van der Waals surface area (Å²) < 4.78 is 20.9. The van der Waals surface area contributed by atoms with Crippen LogP contribution in [-0.2, 0) is 9.53 Å². The maximum absolute atomic E-state index is 12.6. The number of nitrogens with one attached hydrogen (secondary N) is 1. The fourth-order valence-corrected chi connectivity index (χ4v) is 2.94. The van der Waals surface area contributed by atoms with E-state index in [1.54, 1.807) is 24.0 Å². The first-order chi connectivity index (χ1) is 12.5. The van der Waals surface area contributed by atoms with Gasteiger partial charge < -0.3 is 29.2 Å². The van der Waals surface area contributed by atoms with Crippen LogP contribution in [0.5, 0.6) is 17.2 Å². The lowest BCUT2D eigenvalue weighted by atomic mass is 9.96. The van der Waals surface area contributed by atoms with Crippen molar-refractivity contribution >= 4 is 17.7 Å². The van der Waals surface area contributed by atoms with Crippen LogP contribution in [0.15, 0.2) is 12.1 Å². The normalized spacial score (nSPS) is 14.5. The Morgan fingerprint density at radius 1 is 1.08 bits per heavy atom. The molecule has 1 aromatic carbocycles. The molecule has 8 heteroatoms. The van der Waals surface area contributed by atoms with Crippen molar-refractivity contribution in [3.05, 3.63) is 12.1 Å². The zero-order valence-corrected chi connectivity index (χ0v) is 15.7. The number of likely N-dealkylation sites (tertiary alicyclic amines) is 1. The van der Waals surface area contributed by atoms with Gasteiger partial charge in [0.25, 0.3) is 0 Å². The predicted molar refractivity (Wildman–Crippen MR) is 96.0 cm³/mol. The van der Waals surface area contributed by atoms with Crippen molar-refractivity contribution in [1.82, 2.24) is 4.90 Å². The first-order valence-electron chi connectivity index (χ1n) is 8.56. The SMILES string of the molecule is CCOC(=O)N1CCC(C(=O)Nc2cc(OC)c(OC)c(OC)c2)CC1. The maximum atomic E-state index is 12.6. The molecule has 2 amide bonds. The third-order valence-electron chi connectivity index (χ3n) is 4.32. The summed E-state index contributed by atoms with van der Waals surface area (Å²) in [6.07, 6.45) is 0.862. The van der Waals surface area contributed by atoms with Gasteiger partial charge in [-0.15, -0.1) is 0 Å². The molecule has 2 rings (SSSR count). The van der Waals surface area contributed by atoms with E-state index in [-0.39, 0.29) is 17.9 Å². The second-order valence-electron chi connectivity index (χ2n) is 5.86. The molecule has 1 N–H and O–H groups in total. The number of ether oxygens (including phenoxy) is 4. The molecule has 1 aliphatic heterocycles. The molecule has 0 aromatic heterocycles. The molecule has 1 aliphatic rings. The molecular formula is C18H26N2O6. The number of hydrogen-bond donors (Lipinski definition) is 1. The van der Waals surface area contributed by atoms with Crippen LogP contribution in [0.1, 0.15) is 19.8 Å². The minimum Gasteiger partial charge on any atom is -0.493 e. The summed E-state index contributed by atoms with van der Waals surface area (Å²) in [5, 5.41) is 2.89. The fraction of sp³-hybridized carbons (Fsp3) is 0.556. The van der Waals surface area contributed by atoms with Crippen LogP contribution in [0, 0.1) is 5.92 Å². The molecule has 0 saturated carbocycles. The van der Waals surface area contributed by atoms with E-state index in [0.29, 0.717) is 55.5 Å². The van der Waals surface area contributed by atoms with E-state index < -0.39 is 0 Å². The highest BCUT2D eigenvalue weighted by molar-refractivity contribution is 5.93. The average molecular weight is 366 g/mol. The van der Waals surface area contributed by atoms with Crippen LogP contribution in [0.4, 0.5) is 10.5 Å². The number of carbonyl (C=O) groups excluding carboxylic acids is 2.